The van der Waals surface area contributed by atoms with Crippen molar-refractivity contribution < 1.29 is 5.11 Å². The molecule has 0 atom stereocenters. The minimum atomic E-state index is 0.107. The molecule has 0 amide bonds. The molecule has 0 fully saturated rings. The lowest BCUT2D eigenvalue weighted by Crippen LogP contribution is -2.28. The van der Waals surface area contributed by atoms with Gasteiger partial charge in [0.15, 0.2) is 5.13 Å². The van der Waals surface area contributed by atoms with Gasteiger partial charge < -0.3 is 10.0 Å². The Balaban J connectivity index is 2.83. The Morgan fingerprint density at radius 3 is 2.47 bits per heavy atom. The van der Waals surface area contributed by atoms with Crippen molar-refractivity contribution in [1.29, 1.82) is 0 Å². The first-order valence-electron chi connectivity index (χ1n) is 6.18. The Labute approximate surface area is 108 Å². The van der Waals surface area contributed by atoms with Crippen molar-refractivity contribution in [3.8, 4) is 0 Å². The zero-order chi connectivity index (χ0) is 13.1. The van der Waals surface area contributed by atoms with Gasteiger partial charge in [-0.15, -0.1) is 0 Å². The largest absolute Gasteiger partial charge is 0.391 e. The summed E-state index contributed by atoms with van der Waals surface area (Å²) in [5, 5.41) is 10.3. The van der Waals surface area contributed by atoms with Crippen LogP contribution in [0.15, 0.2) is 0 Å². The van der Waals surface area contributed by atoms with E-state index in [0.717, 1.165) is 35.1 Å². The zero-order valence-corrected chi connectivity index (χ0v) is 12.4. The molecule has 0 spiro atoms. The van der Waals surface area contributed by atoms with Crippen LogP contribution in [0.1, 0.15) is 44.7 Å². The number of thiazole rings is 1. The molecule has 4 heteroatoms. The van der Waals surface area contributed by atoms with E-state index in [9.17, 15) is 5.11 Å². The average molecular weight is 256 g/mol. The third kappa shape index (κ3) is 4.28. The van der Waals surface area contributed by atoms with Crippen LogP contribution in [0, 0.1) is 5.41 Å². The Hall–Kier alpha value is -0.610. The smallest absolute Gasteiger partial charge is 0.185 e. The molecule has 1 heterocycles. The molecule has 0 aromatic carbocycles. The molecule has 0 saturated carbocycles. The van der Waals surface area contributed by atoms with Gasteiger partial charge in [-0.05, 0) is 11.8 Å². The first kappa shape index (κ1) is 14.5. The Bertz CT molecular complexity index is 355. The summed E-state index contributed by atoms with van der Waals surface area (Å²) in [6.07, 6.45) is 2.02. The van der Waals surface area contributed by atoms with E-state index in [-0.39, 0.29) is 12.0 Å². The number of nitrogens with zero attached hydrogens (tertiary/aromatic N) is 2. The van der Waals surface area contributed by atoms with Gasteiger partial charge in [-0.2, -0.15) is 0 Å². The molecule has 0 aliphatic rings. The molecular formula is C13H24N2OS. The van der Waals surface area contributed by atoms with Crippen LogP contribution >= 0.6 is 11.3 Å². The van der Waals surface area contributed by atoms with Gasteiger partial charge >= 0.3 is 0 Å². The molecule has 17 heavy (non-hydrogen) atoms. The molecule has 1 rings (SSSR count). The fourth-order valence-corrected chi connectivity index (χ4v) is 2.79. The number of aryl methyl sites for hydroxylation is 1. The summed E-state index contributed by atoms with van der Waals surface area (Å²) in [5.74, 6) is 0. The molecule has 3 nitrogen and oxygen atoms in total. The summed E-state index contributed by atoms with van der Waals surface area (Å²) in [6, 6.07) is 0. The zero-order valence-electron chi connectivity index (χ0n) is 11.6. The topological polar surface area (TPSA) is 36.4 Å². The van der Waals surface area contributed by atoms with Gasteiger partial charge in [0, 0.05) is 13.6 Å². The van der Waals surface area contributed by atoms with Crippen LogP contribution in [0.25, 0.3) is 0 Å². The van der Waals surface area contributed by atoms with Crippen LogP contribution < -0.4 is 4.90 Å². The summed E-state index contributed by atoms with van der Waals surface area (Å²) < 4.78 is 0. The van der Waals surface area contributed by atoms with Gasteiger partial charge in [-0.25, -0.2) is 4.98 Å². The molecule has 1 aromatic rings. The number of hydrogen-bond donors (Lipinski definition) is 1. The third-order valence-electron chi connectivity index (χ3n) is 2.44. The van der Waals surface area contributed by atoms with Crippen LogP contribution in [0.2, 0.25) is 0 Å². The lowest BCUT2D eigenvalue weighted by atomic mass is 9.96. The van der Waals surface area contributed by atoms with Crippen molar-refractivity contribution in [3.05, 3.63) is 10.6 Å². The first-order valence-corrected chi connectivity index (χ1v) is 6.99. The van der Waals surface area contributed by atoms with Crippen molar-refractivity contribution >= 4 is 16.5 Å². The van der Waals surface area contributed by atoms with Crippen LogP contribution in [0.5, 0.6) is 0 Å². The SMILES string of the molecule is CCCc1nc(N(C)CC(C)(C)C)sc1CO. The molecule has 0 unspecified atom stereocenters. The maximum absolute atomic E-state index is 9.32. The summed E-state index contributed by atoms with van der Waals surface area (Å²) in [7, 11) is 2.07. The van der Waals surface area contributed by atoms with E-state index in [1.807, 2.05) is 0 Å². The number of aliphatic hydroxyl groups is 1. The fraction of sp³-hybridized carbons (Fsp3) is 0.769. The van der Waals surface area contributed by atoms with Crippen LogP contribution in [0.4, 0.5) is 5.13 Å². The van der Waals surface area contributed by atoms with Gasteiger partial charge in [0.05, 0.1) is 17.2 Å². The third-order valence-corrected chi connectivity index (χ3v) is 3.63. The van der Waals surface area contributed by atoms with E-state index in [0.29, 0.717) is 0 Å². The Morgan fingerprint density at radius 1 is 1.35 bits per heavy atom. The first-order chi connectivity index (χ1) is 7.87. The summed E-state index contributed by atoms with van der Waals surface area (Å²) >= 11 is 1.61. The quantitative estimate of drug-likeness (QED) is 0.879. The normalized spacial score (nSPS) is 11.9. The van der Waals surface area contributed by atoms with Crippen LogP contribution in [-0.2, 0) is 13.0 Å². The highest BCUT2D eigenvalue weighted by Crippen LogP contribution is 2.28. The summed E-state index contributed by atoms with van der Waals surface area (Å²) in [4.78, 5) is 7.84. The Morgan fingerprint density at radius 2 is 2.00 bits per heavy atom. The van der Waals surface area contributed by atoms with Gasteiger partial charge in [0.2, 0.25) is 0 Å². The number of aromatic nitrogens is 1. The van der Waals surface area contributed by atoms with Crippen molar-refractivity contribution in [3.63, 3.8) is 0 Å². The molecular weight excluding hydrogens is 232 g/mol. The van der Waals surface area contributed by atoms with Crippen molar-refractivity contribution in [1.82, 2.24) is 4.98 Å². The predicted octanol–water partition coefficient (Wildman–Crippen LogP) is 3.07. The van der Waals surface area contributed by atoms with E-state index < -0.39 is 0 Å². The maximum atomic E-state index is 9.32. The molecule has 0 saturated heterocycles. The standard InChI is InChI=1S/C13H24N2OS/c1-6-7-10-11(8-16)17-12(14-10)15(5)9-13(2,3)4/h16H,6-9H2,1-5H3. The second-order valence-electron chi connectivity index (χ2n) is 5.69. The molecule has 0 aliphatic carbocycles. The summed E-state index contributed by atoms with van der Waals surface area (Å²) in [6.45, 7) is 9.87. The van der Waals surface area contributed by atoms with Crippen LogP contribution in [0.3, 0.4) is 0 Å². The second kappa shape index (κ2) is 5.83. The second-order valence-corrected chi connectivity index (χ2v) is 6.75. The number of hydrogen-bond acceptors (Lipinski definition) is 4. The van der Waals surface area contributed by atoms with E-state index >= 15 is 0 Å². The monoisotopic (exact) mass is 256 g/mol. The van der Waals surface area contributed by atoms with Crippen molar-refractivity contribution in [2.45, 2.75) is 47.1 Å². The van der Waals surface area contributed by atoms with Gasteiger partial charge in [-0.1, -0.05) is 45.5 Å². The lowest BCUT2D eigenvalue weighted by molar-refractivity contribution is 0.284. The number of anilines is 1. The average Bonchev–Trinajstić information content (AvgIpc) is 2.59. The molecule has 0 bridgehead atoms. The van der Waals surface area contributed by atoms with Crippen molar-refractivity contribution in [2.24, 2.45) is 5.41 Å². The van der Waals surface area contributed by atoms with E-state index in [2.05, 4.69) is 44.6 Å². The van der Waals surface area contributed by atoms with E-state index in [4.69, 9.17) is 0 Å². The molecule has 0 radical (unpaired) electrons. The molecule has 0 aliphatic heterocycles. The molecule has 1 aromatic heterocycles. The highest BCUT2D eigenvalue weighted by atomic mass is 32.1. The molecule has 1 N–H and O–H groups in total. The van der Waals surface area contributed by atoms with E-state index in [1.165, 1.54) is 0 Å². The van der Waals surface area contributed by atoms with Crippen LogP contribution in [-0.4, -0.2) is 23.7 Å². The minimum absolute atomic E-state index is 0.107. The highest BCUT2D eigenvalue weighted by Gasteiger charge is 2.18. The van der Waals surface area contributed by atoms with Gasteiger partial charge in [0.25, 0.3) is 0 Å². The fourth-order valence-electron chi connectivity index (χ4n) is 1.87. The van der Waals surface area contributed by atoms with Gasteiger partial charge in [0.1, 0.15) is 0 Å². The van der Waals surface area contributed by atoms with E-state index in [1.54, 1.807) is 11.3 Å². The lowest BCUT2D eigenvalue weighted by Gasteiger charge is -2.26. The number of rotatable bonds is 5. The summed E-state index contributed by atoms with van der Waals surface area (Å²) in [5.41, 5.74) is 1.32. The van der Waals surface area contributed by atoms with Crippen molar-refractivity contribution in [2.75, 3.05) is 18.5 Å². The Kier molecular flexibility index (Phi) is 4.95. The number of aliphatic hydroxyl groups excluding tert-OH is 1. The minimum Gasteiger partial charge on any atom is -0.391 e. The predicted molar refractivity (Wildman–Crippen MR) is 74.8 cm³/mol. The molecule has 98 valence electrons. The maximum Gasteiger partial charge on any atom is 0.185 e. The van der Waals surface area contributed by atoms with Gasteiger partial charge in [-0.3, -0.25) is 0 Å². The highest BCUT2D eigenvalue weighted by molar-refractivity contribution is 7.15.